The normalized spacial score (nSPS) is 12.9. The Morgan fingerprint density at radius 3 is 2.48 bits per heavy atom. The fourth-order valence-corrected chi connectivity index (χ4v) is 1.92. The van der Waals surface area contributed by atoms with E-state index in [1.165, 1.54) is 6.07 Å². The second-order valence-corrected chi connectivity index (χ2v) is 4.40. The molecule has 0 fully saturated rings. The van der Waals surface area contributed by atoms with Crippen molar-refractivity contribution in [2.24, 2.45) is 5.18 Å². The monoisotopic (exact) mass is 296 g/mol. The molecule has 2 rings (SSSR count). The second-order valence-electron chi connectivity index (χ2n) is 4.40. The van der Waals surface area contributed by atoms with Crippen molar-refractivity contribution in [2.45, 2.75) is 12.2 Å². The molecule has 1 N–H and O–H groups in total. The van der Waals surface area contributed by atoms with Gasteiger partial charge in [0.25, 0.3) is 5.91 Å². The third-order valence-electron chi connectivity index (χ3n) is 3.00. The van der Waals surface area contributed by atoms with Gasteiger partial charge < -0.3 is 5.32 Å². The van der Waals surface area contributed by atoms with E-state index >= 15 is 0 Å². The van der Waals surface area contributed by atoms with Crippen LogP contribution in [0.15, 0.2) is 47.6 Å². The number of hydrogen-bond donors (Lipinski definition) is 1. The molecule has 4 nitrogen and oxygen atoms in total. The highest BCUT2D eigenvalue weighted by Gasteiger charge is 2.41. The highest BCUT2D eigenvalue weighted by atomic mass is 19.4. The highest BCUT2D eigenvalue weighted by molar-refractivity contribution is 6.06. The average Bonchev–Trinajstić information content (AvgIpc) is 2.45. The van der Waals surface area contributed by atoms with E-state index in [1.807, 2.05) is 5.18 Å². The Morgan fingerprint density at radius 2 is 1.81 bits per heavy atom. The van der Waals surface area contributed by atoms with Crippen molar-refractivity contribution in [3.8, 4) is 0 Å². The van der Waals surface area contributed by atoms with Crippen LogP contribution in [0.5, 0.6) is 0 Å². The van der Waals surface area contributed by atoms with Crippen LogP contribution in [0.4, 0.5) is 13.2 Å². The molecule has 0 saturated carbocycles. The van der Waals surface area contributed by atoms with Crippen LogP contribution in [-0.2, 0) is 0 Å². The Kier molecular flexibility index (Phi) is 4.21. The molecule has 1 atom stereocenters. The summed E-state index contributed by atoms with van der Waals surface area (Å²) in [6, 6.07) is 9.49. The van der Waals surface area contributed by atoms with E-state index in [4.69, 9.17) is 0 Å². The molecule has 2 aromatic rings. The summed E-state index contributed by atoms with van der Waals surface area (Å²) in [7, 11) is 0. The number of nitroso groups, excluding NO2 is 1. The molecule has 110 valence electrons. The molecule has 0 aliphatic rings. The van der Waals surface area contributed by atoms with E-state index in [0.717, 1.165) is 5.39 Å². The van der Waals surface area contributed by atoms with Gasteiger partial charge in [0.2, 0.25) is 6.04 Å². The van der Waals surface area contributed by atoms with Crippen LogP contribution in [0.3, 0.4) is 0 Å². The standard InChI is InChI=1S/C14H11F3N2O2/c15-14(16,17)12(19-21)8-18-13(20)11-7-3-5-9-4-1-2-6-10(9)11/h1-7,12H,8H2,(H,18,20). The maximum Gasteiger partial charge on any atom is 0.415 e. The van der Waals surface area contributed by atoms with Crippen molar-refractivity contribution in [1.29, 1.82) is 0 Å². The van der Waals surface area contributed by atoms with Gasteiger partial charge in [0.1, 0.15) is 0 Å². The van der Waals surface area contributed by atoms with Gasteiger partial charge >= 0.3 is 6.18 Å². The number of fused-ring (bicyclic) bond motifs is 1. The van der Waals surface area contributed by atoms with Crippen LogP contribution in [-0.4, -0.2) is 24.7 Å². The average molecular weight is 296 g/mol. The number of rotatable bonds is 4. The molecule has 21 heavy (non-hydrogen) atoms. The van der Waals surface area contributed by atoms with Crippen LogP contribution in [0.25, 0.3) is 10.8 Å². The number of benzene rings is 2. The molecule has 0 radical (unpaired) electrons. The van der Waals surface area contributed by atoms with Gasteiger partial charge in [0.05, 0.1) is 6.54 Å². The fraction of sp³-hybridized carbons (Fsp3) is 0.214. The first-order chi connectivity index (χ1) is 9.93. The van der Waals surface area contributed by atoms with Crippen molar-refractivity contribution in [3.05, 3.63) is 52.9 Å². The summed E-state index contributed by atoms with van der Waals surface area (Å²) < 4.78 is 37.1. The molecule has 0 aliphatic heterocycles. The minimum Gasteiger partial charge on any atom is -0.349 e. The van der Waals surface area contributed by atoms with Crippen LogP contribution in [0.2, 0.25) is 0 Å². The van der Waals surface area contributed by atoms with Gasteiger partial charge in [-0.25, -0.2) is 0 Å². The van der Waals surface area contributed by atoms with Crippen molar-refractivity contribution in [2.75, 3.05) is 6.54 Å². The van der Waals surface area contributed by atoms with E-state index < -0.39 is 24.7 Å². The van der Waals surface area contributed by atoms with Gasteiger partial charge in [-0.1, -0.05) is 41.6 Å². The molecule has 0 spiro atoms. The predicted molar refractivity (Wildman–Crippen MR) is 71.9 cm³/mol. The lowest BCUT2D eigenvalue weighted by Crippen LogP contribution is -2.39. The number of hydrogen-bond acceptors (Lipinski definition) is 3. The van der Waals surface area contributed by atoms with Crippen molar-refractivity contribution >= 4 is 16.7 Å². The van der Waals surface area contributed by atoms with Gasteiger partial charge in [-0.15, -0.1) is 0 Å². The zero-order valence-corrected chi connectivity index (χ0v) is 10.7. The molecule has 1 unspecified atom stereocenters. The molecule has 0 aromatic heterocycles. The molecule has 0 bridgehead atoms. The van der Waals surface area contributed by atoms with Crippen molar-refractivity contribution in [3.63, 3.8) is 0 Å². The number of halogens is 3. The molecular weight excluding hydrogens is 285 g/mol. The zero-order valence-electron chi connectivity index (χ0n) is 10.7. The summed E-state index contributed by atoms with van der Waals surface area (Å²) in [5, 5.41) is 5.52. The van der Waals surface area contributed by atoms with E-state index in [9.17, 15) is 22.9 Å². The summed E-state index contributed by atoms with van der Waals surface area (Å²) in [5.74, 6) is -0.676. The Hall–Kier alpha value is -2.44. The lowest BCUT2D eigenvalue weighted by atomic mass is 10.0. The summed E-state index contributed by atoms with van der Waals surface area (Å²) in [6.07, 6.45) is -4.77. The third kappa shape index (κ3) is 3.36. The SMILES string of the molecule is O=NC(CNC(=O)c1cccc2ccccc12)C(F)(F)F. The van der Waals surface area contributed by atoms with Gasteiger partial charge in [0.15, 0.2) is 0 Å². The summed E-state index contributed by atoms with van der Waals surface area (Å²) in [4.78, 5) is 22.2. The molecule has 0 aliphatic carbocycles. The van der Waals surface area contributed by atoms with Crippen molar-refractivity contribution in [1.82, 2.24) is 5.32 Å². The van der Waals surface area contributed by atoms with Crippen LogP contribution >= 0.6 is 0 Å². The third-order valence-corrected chi connectivity index (χ3v) is 3.00. The van der Waals surface area contributed by atoms with Gasteiger partial charge in [-0.05, 0) is 16.8 Å². The first kappa shape index (κ1) is 15.0. The van der Waals surface area contributed by atoms with Crippen molar-refractivity contribution < 1.29 is 18.0 Å². The molecule has 2 aromatic carbocycles. The van der Waals surface area contributed by atoms with Gasteiger partial charge in [0, 0.05) is 5.56 Å². The number of nitrogens with zero attached hydrogens (tertiary/aromatic N) is 1. The number of nitrogens with one attached hydrogen (secondary N) is 1. The number of carbonyl (C=O) groups is 1. The van der Waals surface area contributed by atoms with Gasteiger partial charge in [-0.2, -0.15) is 18.1 Å². The maximum absolute atomic E-state index is 12.4. The smallest absolute Gasteiger partial charge is 0.349 e. The minimum absolute atomic E-state index is 0.250. The lowest BCUT2D eigenvalue weighted by Gasteiger charge is -2.14. The quantitative estimate of drug-likeness (QED) is 0.880. The first-order valence-electron chi connectivity index (χ1n) is 6.08. The van der Waals surface area contributed by atoms with Gasteiger partial charge in [-0.3, -0.25) is 4.79 Å². The second kappa shape index (κ2) is 5.90. The minimum atomic E-state index is -4.77. The van der Waals surface area contributed by atoms with E-state index in [1.54, 1.807) is 36.4 Å². The summed E-state index contributed by atoms with van der Waals surface area (Å²) >= 11 is 0. The fourth-order valence-electron chi connectivity index (χ4n) is 1.92. The summed E-state index contributed by atoms with van der Waals surface area (Å²) in [6.45, 7) is -0.880. The number of carbonyl (C=O) groups excluding carboxylic acids is 1. The van der Waals surface area contributed by atoms with Crippen LogP contribution < -0.4 is 5.32 Å². The van der Waals surface area contributed by atoms with E-state index in [-0.39, 0.29) is 5.56 Å². The Bertz CT molecular complexity index is 665. The molecule has 7 heteroatoms. The molecule has 0 saturated heterocycles. The maximum atomic E-state index is 12.4. The zero-order chi connectivity index (χ0) is 15.5. The lowest BCUT2D eigenvalue weighted by molar-refractivity contribution is -0.145. The molecule has 0 heterocycles. The predicted octanol–water partition coefficient (Wildman–Crippen LogP) is 3.27. The van der Waals surface area contributed by atoms with E-state index in [2.05, 4.69) is 5.32 Å². The topological polar surface area (TPSA) is 58.5 Å². The Balaban J connectivity index is 2.18. The van der Waals surface area contributed by atoms with E-state index in [0.29, 0.717) is 5.39 Å². The Labute approximate surface area is 117 Å². The number of amides is 1. The number of alkyl halides is 3. The Morgan fingerprint density at radius 1 is 1.14 bits per heavy atom. The molecular formula is C14H11F3N2O2. The van der Waals surface area contributed by atoms with Crippen LogP contribution in [0.1, 0.15) is 10.4 Å². The highest BCUT2D eigenvalue weighted by Crippen LogP contribution is 2.23. The first-order valence-corrected chi connectivity index (χ1v) is 6.08. The molecule has 1 amide bonds. The summed E-state index contributed by atoms with van der Waals surface area (Å²) in [5.41, 5.74) is 0.250. The largest absolute Gasteiger partial charge is 0.415 e. The van der Waals surface area contributed by atoms with Crippen LogP contribution in [0, 0.1) is 4.91 Å².